The number of nitro benzene ring substituents is 1. The number of rotatable bonds is 2. The van der Waals surface area contributed by atoms with Gasteiger partial charge in [-0.25, -0.2) is 4.39 Å². The molecule has 0 saturated carbocycles. The quantitative estimate of drug-likeness (QED) is 0.648. The van der Waals surface area contributed by atoms with Crippen LogP contribution in [0.4, 0.5) is 15.8 Å². The maximum absolute atomic E-state index is 13.6. The van der Waals surface area contributed by atoms with Gasteiger partial charge in [-0.3, -0.25) is 10.1 Å². The fraction of sp³-hybridized carbons (Fsp3) is 0.400. The molecule has 0 unspecified atom stereocenters. The number of para-hydroxylation sites is 1. The normalized spacial score (nSPS) is 15.2. The van der Waals surface area contributed by atoms with Crippen LogP contribution in [0.1, 0.15) is 0 Å². The molecule has 5 nitrogen and oxygen atoms in total. The van der Waals surface area contributed by atoms with E-state index in [-0.39, 0.29) is 23.8 Å². The van der Waals surface area contributed by atoms with Gasteiger partial charge in [-0.05, 0) is 6.07 Å². The molecule has 0 aromatic heterocycles. The molecule has 1 aromatic rings. The van der Waals surface area contributed by atoms with Crippen LogP contribution < -0.4 is 10.2 Å². The summed E-state index contributed by atoms with van der Waals surface area (Å²) in [6, 6.07) is 3.95. The van der Waals surface area contributed by atoms with E-state index in [4.69, 9.17) is 0 Å². The molecule has 1 heterocycles. The predicted octanol–water partition coefficient (Wildman–Crippen LogP) is 1.57. The highest BCUT2D eigenvalue weighted by molar-refractivity contribution is 5.85. The van der Waals surface area contributed by atoms with Gasteiger partial charge in [0.1, 0.15) is 0 Å². The lowest BCUT2D eigenvalue weighted by atomic mass is 10.2. The molecule has 1 saturated heterocycles. The van der Waals surface area contributed by atoms with Crippen molar-refractivity contribution in [1.29, 1.82) is 0 Å². The van der Waals surface area contributed by atoms with E-state index >= 15 is 0 Å². The van der Waals surface area contributed by atoms with Gasteiger partial charge in [0.05, 0.1) is 4.92 Å². The molecule has 1 aliphatic heterocycles. The number of benzene rings is 1. The Bertz CT molecular complexity index is 411. The van der Waals surface area contributed by atoms with Crippen LogP contribution in [0.25, 0.3) is 0 Å². The van der Waals surface area contributed by atoms with Crippen molar-refractivity contribution < 1.29 is 9.31 Å². The van der Waals surface area contributed by atoms with Gasteiger partial charge < -0.3 is 10.2 Å². The summed E-state index contributed by atoms with van der Waals surface area (Å²) in [6.45, 7) is 2.60. The highest BCUT2D eigenvalue weighted by atomic mass is 35.5. The zero-order chi connectivity index (χ0) is 11.5. The van der Waals surface area contributed by atoms with Crippen LogP contribution in [0, 0.1) is 15.9 Å². The Morgan fingerprint density at radius 2 is 2.00 bits per heavy atom. The van der Waals surface area contributed by atoms with Gasteiger partial charge in [0, 0.05) is 32.2 Å². The molecule has 0 radical (unpaired) electrons. The summed E-state index contributed by atoms with van der Waals surface area (Å²) in [7, 11) is 0. The second-order valence-corrected chi connectivity index (χ2v) is 3.60. The molecule has 2 rings (SSSR count). The summed E-state index contributed by atoms with van der Waals surface area (Å²) in [5.74, 6) is -0.531. The Balaban J connectivity index is 0.00000144. The first-order chi connectivity index (χ1) is 7.70. The molecule has 94 valence electrons. The van der Waals surface area contributed by atoms with Gasteiger partial charge >= 0.3 is 0 Å². The fourth-order valence-corrected chi connectivity index (χ4v) is 1.85. The first-order valence-electron chi connectivity index (χ1n) is 5.08. The van der Waals surface area contributed by atoms with E-state index in [1.54, 1.807) is 4.90 Å². The lowest BCUT2D eigenvalue weighted by Crippen LogP contribution is -2.44. The molecular formula is C10H13ClFN3O2. The molecule has 1 fully saturated rings. The van der Waals surface area contributed by atoms with Crippen LogP contribution in [-0.4, -0.2) is 31.1 Å². The number of piperazine rings is 1. The highest BCUT2D eigenvalue weighted by Gasteiger charge is 2.24. The van der Waals surface area contributed by atoms with E-state index < -0.39 is 10.7 Å². The van der Waals surface area contributed by atoms with Gasteiger partial charge in [0.2, 0.25) is 0 Å². The minimum atomic E-state index is -0.541. The van der Waals surface area contributed by atoms with E-state index in [0.29, 0.717) is 26.2 Å². The Kier molecular flexibility index (Phi) is 4.65. The SMILES string of the molecule is Cl.O=[N+]([O-])c1cccc(F)c1N1CCNCC1. The minimum Gasteiger partial charge on any atom is -0.361 e. The van der Waals surface area contributed by atoms with E-state index in [2.05, 4.69) is 5.32 Å². The van der Waals surface area contributed by atoms with Gasteiger partial charge in [-0.2, -0.15) is 0 Å². The molecular weight excluding hydrogens is 249 g/mol. The van der Waals surface area contributed by atoms with Crippen molar-refractivity contribution in [3.05, 3.63) is 34.1 Å². The van der Waals surface area contributed by atoms with Gasteiger partial charge in [-0.15, -0.1) is 12.4 Å². The van der Waals surface area contributed by atoms with Crippen molar-refractivity contribution in [2.24, 2.45) is 0 Å². The van der Waals surface area contributed by atoms with Crippen LogP contribution in [-0.2, 0) is 0 Å². The van der Waals surface area contributed by atoms with Crippen molar-refractivity contribution in [3.8, 4) is 0 Å². The Labute approximate surface area is 104 Å². The predicted molar refractivity (Wildman–Crippen MR) is 65.4 cm³/mol. The Morgan fingerprint density at radius 3 is 2.59 bits per heavy atom. The maximum Gasteiger partial charge on any atom is 0.295 e. The smallest absolute Gasteiger partial charge is 0.295 e. The molecule has 1 aromatic carbocycles. The number of nitrogens with zero attached hydrogens (tertiary/aromatic N) is 2. The van der Waals surface area contributed by atoms with Crippen LogP contribution in [0.5, 0.6) is 0 Å². The lowest BCUT2D eigenvalue weighted by Gasteiger charge is -2.29. The highest BCUT2D eigenvalue weighted by Crippen LogP contribution is 2.30. The second kappa shape index (κ2) is 5.79. The van der Waals surface area contributed by atoms with E-state index in [0.717, 1.165) is 0 Å². The maximum atomic E-state index is 13.6. The number of hydrogen-bond acceptors (Lipinski definition) is 4. The number of anilines is 1. The monoisotopic (exact) mass is 261 g/mol. The van der Waals surface area contributed by atoms with Crippen LogP contribution >= 0.6 is 12.4 Å². The van der Waals surface area contributed by atoms with Crippen molar-refractivity contribution in [2.45, 2.75) is 0 Å². The van der Waals surface area contributed by atoms with E-state index in [1.165, 1.54) is 18.2 Å². The number of hydrogen-bond donors (Lipinski definition) is 1. The third kappa shape index (κ3) is 2.83. The summed E-state index contributed by atoms with van der Waals surface area (Å²) in [4.78, 5) is 12.0. The Hall–Kier alpha value is -1.40. The summed E-state index contributed by atoms with van der Waals surface area (Å²) < 4.78 is 13.6. The average Bonchev–Trinajstić information content (AvgIpc) is 2.29. The molecule has 0 amide bonds. The van der Waals surface area contributed by atoms with Crippen molar-refractivity contribution >= 4 is 23.8 Å². The number of nitrogens with one attached hydrogen (secondary N) is 1. The van der Waals surface area contributed by atoms with Crippen molar-refractivity contribution in [1.82, 2.24) is 5.32 Å². The summed E-state index contributed by atoms with van der Waals surface area (Å²) >= 11 is 0. The minimum absolute atomic E-state index is 0. The molecule has 1 aliphatic rings. The molecule has 0 bridgehead atoms. The summed E-state index contributed by atoms with van der Waals surface area (Å²) in [5.41, 5.74) is -0.0594. The van der Waals surface area contributed by atoms with Gasteiger partial charge in [0.25, 0.3) is 5.69 Å². The van der Waals surface area contributed by atoms with Gasteiger partial charge in [0.15, 0.2) is 11.5 Å². The van der Waals surface area contributed by atoms with Crippen LogP contribution in [0.15, 0.2) is 18.2 Å². The first kappa shape index (κ1) is 13.7. The van der Waals surface area contributed by atoms with E-state index in [9.17, 15) is 14.5 Å². The van der Waals surface area contributed by atoms with E-state index in [1.807, 2.05) is 0 Å². The standard InChI is InChI=1S/C10H12FN3O2.ClH/c11-8-2-1-3-9(14(15)16)10(8)13-6-4-12-5-7-13;/h1-3,12H,4-7H2;1H. The van der Waals surface area contributed by atoms with Crippen molar-refractivity contribution in [3.63, 3.8) is 0 Å². The Morgan fingerprint density at radius 1 is 1.35 bits per heavy atom. The fourth-order valence-electron chi connectivity index (χ4n) is 1.85. The zero-order valence-corrected chi connectivity index (χ0v) is 9.87. The number of halogens is 2. The summed E-state index contributed by atoms with van der Waals surface area (Å²) in [6.07, 6.45) is 0. The topological polar surface area (TPSA) is 58.4 Å². The lowest BCUT2D eigenvalue weighted by molar-refractivity contribution is -0.384. The number of nitro groups is 1. The van der Waals surface area contributed by atoms with Crippen LogP contribution in [0.2, 0.25) is 0 Å². The third-order valence-electron chi connectivity index (χ3n) is 2.60. The molecule has 0 spiro atoms. The molecule has 0 aliphatic carbocycles. The molecule has 7 heteroatoms. The van der Waals surface area contributed by atoms with Crippen molar-refractivity contribution in [2.75, 3.05) is 31.1 Å². The second-order valence-electron chi connectivity index (χ2n) is 3.60. The molecule has 17 heavy (non-hydrogen) atoms. The van der Waals surface area contributed by atoms with Crippen LogP contribution in [0.3, 0.4) is 0 Å². The average molecular weight is 262 g/mol. The van der Waals surface area contributed by atoms with Gasteiger partial charge in [-0.1, -0.05) is 6.07 Å². The zero-order valence-electron chi connectivity index (χ0n) is 9.06. The molecule has 0 atom stereocenters. The largest absolute Gasteiger partial charge is 0.361 e. The third-order valence-corrected chi connectivity index (χ3v) is 2.60. The summed E-state index contributed by atoms with van der Waals surface area (Å²) in [5, 5.41) is 13.9. The first-order valence-corrected chi connectivity index (χ1v) is 5.08. The molecule has 1 N–H and O–H groups in total.